The van der Waals surface area contributed by atoms with Crippen molar-refractivity contribution in [2.75, 3.05) is 5.32 Å². The molecular weight excluding hydrogens is 294 g/mol. The molecule has 1 aliphatic heterocycles. The van der Waals surface area contributed by atoms with Crippen molar-refractivity contribution < 1.29 is 4.79 Å². The van der Waals surface area contributed by atoms with Crippen LogP contribution in [0.2, 0.25) is 0 Å². The van der Waals surface area contributed by atoms with Crippen LogP contribution in [-0.4, -0.2) is 23.0 Å². The first-order valence-corrected chi connectivity index (χ1v) is 6.97. The number of halogens is 1. The van der Waals surface area contributed by atoms with Gasteiger partial charge in [-0.1, -0.05) is 13.0 Å². The van der Waals surface area contributed by atoms with Crippen LogP contribution < -0.4 is 10.6 Å². The average Bonchev–Trinajstić information content (AvgIpc) is 2.82. The molecule has 2 heterocycles. The summed E-state index contributed by atoms with van der Waals surface area (Å²) in [6.45, 7) is 4.18. The smallest absolute Gasteiger partial charge is 0.242 e. The number of carbonyl (C=O) groups excluding carboxylic acids is 1. The molecule has 2 aliphatic rings. The number of hydrogen-bond donors (Lipinski definition) is 2. The van der Waals surface area contributed by atoms with E-state index in [0.29, 0.717) is 17.3 Å². The predicted octanol–water partition coefficient (Wildman–Crippen LogP) is 2.23. The molecule has 4 nitrogen and oxygen atoms in total. The SMILES string of the molecule is Cc1ccc(Br)nc1NC(=O)C1CC2(C)CC2N1. The van der Waals surface area contributed by atoms with Crippen molar-refractivity contribution in [3.05, 3.63) is 22.3 Å². The van der Waals surface area contributed by atoms with Gasteiger partial charge in [0.25, 0.3) is 0 Å². The quantitative estimate of drug-likeness (QED) is 0.824. The van der Waals surface area contributed by atoms with Crippen molar-refractivity contribution in [3.63, 3.8) is 0 Å². The number of carbonyl (C=O) groups is 1. The number of hydrogen-bond acceptors (Lipinski definition) is 3. The molecule has 1 saturated heterocycles. The van der Waals surface area contributed by atoms with E-state index in [1.807, 2.05) is 19.1 Å². The summed E-state index contributed by atoms with van der Waals surface area (Å²) in [5.41, 5.74) is 1.32. The summed E-state index contributed by atoms with van der Waals surface area (Å²) in [7, 11) is 0. The number of nitrogens with zero attached hydrogens (tertiary/aromatic N) is 1. The molecule has 0 aromatic carbocycles. The van der Waals surface area contributed by atoms with Gasteiger partial charge in [0, 0.05) is 6.04 Å². The average molecular weight is 310 g/mol. The van der Waals surface area contributed by atoms with Gasteiger partial charge < -0.3 is 10.6 Å². The zero-order valence-corrected chi connectivity index (χ0v) is 12.0. The zero-order chi connectivity index (χ0) is 12.9. The minimum Gasteiger partial charge on any atom is -0.309 e. The van der Waals surface area contributed by atoms with E-state index in [9.17, 15) is 4.79 Å². The molecule has 1 saturated carbocycles. The third kappa shape index (κ3) is 2.06. The molecule has 1 aromatic rings. The second kappa shape index (κ2) is 4.03. The van der Waals surface area contributed by atoms with Crippen LogP contribution in [0.1, 0.15) is 25.3 Å². The van der Waals surface area contributed by atoms with E-state index in [1.54, 1.807) is 0 Å². The number of pyridine rings is 1. The summed E-state index contributed by atoms with van der Waals surface area (Å²) in [5, 5.41) is 6.28. The van der Waals surface area contributed by atoms with Gasteiger partial charge >= 0.3 is 0 Å². The second-order valence-corrected chi connectivity index (χ2v) is 6.44. The maximum Gasteiger partial charge on any atom is 0.242 e. The maximum atomic E-state index is 12.2. The highest BCUT2D eigenvalue weighted by atomic mass is 79.9. The summed E-state index contributed by atoms with van der Waals surface area (Å²) in [4.78, 5) is 16.4. The number of fused-ring (bicyclic) bond motifs is 1. The van der Waals surface area contributed by atoms with Gasteiger partial charge in [-0.2, -0.15) is 0 Å². The first-order valence-electron chi connectivity index (χ1n) is 6.18. The molecule has 0 spiro atoms. The Bertz CT molecular complexity index is 519. The van der Waals surface area contributed by atoms with Gasteiger partial charge in [-0.05, 0) is 52.7 Å². The van der Waals surface area contributed by atoms with Crippen molar-refractivity contribution in [1.29, 1.82) is 0 Å². The predicted molar refractivity (Wildman–Crippen MR) is 73.4 cm³/mol. The van der Waals surface area contributed by atoms with Crippen LogP contribution in [-0.2, 0) is 4.79 Å². The fourth-order valence-corrected chi connectivity index (χ4v) is 2.97. The minimum atomic E-state index is -0.0751. The van der Waals surface area contributed by atoms with Crippen LogP contribution in [0.25, 0.3) is 0 Å². The molecule has 1 aromatic heterocycles. The van der Waals surface area contributed by atoms with E-state index in [0.717, 1.165) is 16.6 Å². The largest absolute Gasteiger partial charge is 0.309 e. The molecule has 2 N–H and O–H groups in total. The van der Waals surface area contributed by atoms with E-state index in [1.165, 1.54) is 6.42 Å². The van der Waals surface area contributed by atoms with E-state index in [2.05, 4.69) is 38.5 Å². The summed E-state index contributed by atoms with van der Waals surface area (Å²) in [6, 6.07) is 4.27. The Hall–Kier alpha value is -0.940. The lowest BCUT2D eigenvalue weighted by Gasteiger charge is -2.15. The molecule has 0 bridgehead atoms. The number of anilines is 1. The van der Waals surface area contributed by atoms with Crippen LogP contribution in [0, 0.1) is 12.3 Å². The third-order valence-corrected chi connectivity index (χ3v) is 4.49. The highest BCUT2D eigenvalue weighted by molar-refractivity contribution is 9.10. The van der Waals surface area contributed by atoms with Crippen LogP contribution in [0.4, 0.5) is 5.82 Å². The summed E-state index contributed by atoms with van der Waals surface area (Å²) in [6.07, 6.45) is 2.13. The standard InChI is InChI=1S/C13H16BrN3O/c1-7-3-4-10(14)16-11(7)17-12(18)8-5-13(2)6-9(13)15-8/h3-4,8-9,15H,5-6H2,1-2H3,(H,16,17,18). The molecule has 18 heavy (non-hydrogen) atoms. The number of piperidine rings is 1. The van der Waals surface area contributed by atoms with E-state index >= 15 is 0 Å². The number of aromatic nitrogens is 1. The Kier molecular flexibility index (Phi) is 2.71. The molecule has 3 atom stereocenters. The Morgan fingerprint density at radius 1 is 1.56 bits per heavy atom. The number of amides is 1. The van der Waals surface area contributed by atoms with Crippen molar-refractivity contribution in [2.24, 2.45) is 5.41 Å². The van der Waals surface area contributed by atoms with Crippen LogP contribution in [0.3, 0.4) is 0 Å². The van der Waals surface area contributed by atoms with E-state index < -0.39 is 0 Å². The highest BCUT2D eigenvalue weighted by Gasteiger charge is 2.58. The Labute approximate surface area is 115 Å². The molecule has 1 amide bonds. The lowest BCUT2D eigenvalue weighted by Crippen LogP contribution is -2.38. The van der Waals surface area contributed by atoms with Gasteiger partial charge in [0.2, 0.25) is 5.91 Å². The Morgan fingerprint density at radius 3 is 3.00 bits per heavy atom. The Morgan fingerprint density at radius 2 is 2.33 bits per heavy atom. The lowest BCUT2D eigenvalue weighted by atomic mass is 10.0. The van der Waals surface area contributed by atoms with Crippen LogP contribution in [0.15, 0.2) is 16.7 Å². The van der Waals surface area contributed by atoms with Gasteiger partial charge in [0.15, 0.2) is 0 Å². The number of nitrogens with one attached hydrogen (secondary N) is 2. The fourth-order valence-electron chi connectivity index (χ4n) is 2.66. The number of aryl methyl sites for hydroxylation is 1. The van der Waals surface area contributed by atoms with E-state index in [4.69, 9.17) is 0 Å². The molecule has 96 valence electrons. The van der Waals surface area contributed by atoms with Gasteiger partial charge in [-0.3, -0.25) is 4.79 Å². The first-order chi connectivity index (χ1) is 8.48. The molecular formula is C13H16BrN3O. The molecule has 1 aliphatic carbocycles. The molecule has 3 rings (SSSR count). The summed E-state index contributed by atoms with van der Waals surface area (Å²) < 4.78 is 0.734. The molecule has 2 fully saturated rings. The molecule has 3 unspecified atom stereocenters. The van der Waals surface area contributed by atoms with Gasteiger partial charge in [0.05, 0.1) is 6.04 Å². The van der Waals surface area contributed by atoms with Gasteiger partial charge in [0.1, 0.15) is 10.4 Å². The van der Waals surface area contributed by atoms with E-state index in [-0.39, 0.29) is 11.9 Å². The third-order valence-electron chi connectivity index (χ3n) is 4.05. The highest BCUT2D eigenvalue weighted by Crippen LogP contribution is 2.53. The summed E-state index contributed by atoms with van der Waals surface area (Å²) in [5.74, 6) is 0.666. The molecule has 5 heteroatoms. The van der Waals surface area contributed by atoms with Crippen LogP contribution in [0.5, 0.6) is 0 Å². The maximum absolute atomic E-state index is 12.2. The van der Waals surface area contributed by atoms with Gasteiger partial charge in [-0.25, -0.2) is 4.98 Å². The van der Waals surface area contributed by atoms with Gasteiger partial charge in [-0.15, -0.1) is 0 Å². The Balaban J connectivity index is 1.69. The lowest BCUT2D eigenvalue weighted by molar-refractivity contribution is -0.118. The number of rotatable bonds is 2. The van der Waals surface area contributed by atoms with Crippen molar-refractivity contribution in [2.45, 2.75) is 38.8 Å². The van der Waals surface area contributed by atoms with Crippen molar-refractivity contribution >= 4 is 27.7 Å². The second-order valence-electron chi connectivity index (χ2n) is 5.62. The van der Waals surface area contributed by atoms with Crippen molar-refractivity contribution in [3.8, 4) is 0 Å². The zero-order valence-electron chi connectivity index (χ0n) is 10.5. The first kappa shape index (κ1) is 12.1. The normalized spacial score (nSPS) is 33.1. The minimum absolute atomic E-state index is 0.0251. The molecule has 0 radical (unpaired) electrons. The topological polar surface area (TPSA) is 54.0 Å². The van der Waals surface area contributed by atoms with Crippen LogP contribution >= 0.6 is 15.9 Å². The van der Waals surface area contributed by atoms with Crippen molar-refractivity contribution in [1.82, 2.24) is 10.3 Å². The fraction of sp³-hybridized carbons (Fsp3) is 0.538. The summed E-state index contributed by atoms with van der Waals surface area (Å²) >= 11 is 3.32. The monoisotopic (exact) mass is 309 g/mol.